The summed E-state index contributed by atoms with van der Waals surface area (Å²) >= 11 is 0. The van der Waals surface area contributed by atoms with Crippen LogP contribution in [0.5, 0.6) is 0 Å². The number of hydrogen-bond donors (Lipinski definition) is 1. The van der Waals surface area contributed by atoms with Crippen molar-refractivity contribution in [2.75, 3.05) is 6.54 Å². The number of hydrogen-bond acceptors (Lipinski definition) is 1. The van der Waals surface area contributed by atoms with Gasteiger partial charge in [-0.05, 0) is 49.0 Å². The molecule has 1 N–H and O–H groups in total. The van der Waals surface area contributed by atoms with Crippen molar-refractivity contribution in [2.45, 2.75) is 79.7 Å². The molecule has 18 heavy (non-hydrogen) atoms. The van der Waals surface area contributed by atoms with E-state index in [4.69, 9.17) is 0 Å². The third-order valence-electron chi connectivity index (χ3n) is 5.03. The fraction of sp³-hybridized carbons (Fsp3) is 1.00. The second-order valence-electron chi connectivity index (χ2n) is 7.47. The van der Waals surface area contributed by atoms with E-state index in [0.29, 0.717) is 11.5 Å². The van der Waals surface area contributed by atoms with Crippen LogP contribution in [0.25, 0.3) is 0 Å². The van der Waals surface area contributed by atoms with E-state index >= 15 is 0 Å². The molecule has 0 amide bonds. The van der Waals surface area contributed by atoms with Crippen LogP contribution in [-0.4, -0.2) is 12.6 Å². The molecular formula is C17H35N. The van der Waals surface area contributed by atoms with E-state index in [9.17, 15) is 0 Å². The first-order chi connectivity index (χ1) is 8.39. The molecule has 1 aliphatic rings. The van der Waals surface area contributed by atoms with Crippen molar-refractivity contribution in [1.82, 2.24) is 5.32 Å². The molecule has 1 heteroatoms. The topological polar surface area (TPSA) is 12.0 Å². The number of nitrogens with one attached hydrogen (secondary N) is 1. The summed E-state index contributed by atoms with van der Waals surface area (Å²) in [5, 5.41) is 3.68. The smallest absolute Gasteiger partial charge is 0.00104 e. The van der Waals surface area contributed by atoms with Crippen LogP contribution in [0, 0.1) is 23.2 Å². The quantitative estimate of drug-likeness (QED) is 0.712. The highest BCUT2D eigenvalue weighted by atomic mass is 14.9. The molecule has 2 unspecified atom stereocenters. The molecule has 0 radical (unpaired) electrons. The first-order valence-electron chi connectivity index (χ1n) is 8.13. The maximum atomic E-state index is 3.68. The van der Waals surface area contributed by atoms with Gasteiger partial charge in [-0.2, -0.15) is 0 Å². The highest BCUT2D eigenvalue weighted by Crippen LogP contribution is 2.46. The van der Waals surface area contributed by atoms with Crippen molar-refractivity contribution in [2.24, 2.45) is 23.2 Å². The van der Waals surface area contributed by atoms with Crippen molar-refractivity contribution in [3.05, 3.63) is 0 Å². The van der Waals surface area contributed by atoms with Gasteiger partial charge in [0.1, 0.15) is 0 Å². The molecule has 0 bridgehead atoms. The molecule has 0 heterocycles. The molecule has 1 fully saturated rings. The van der Waals surface area contributed by atoms with E-state index in [1.165, 1.54) is 38.6 Å². The lowest BCUT2D eigenvalue weighted by molar-refractivity contribution is 0.0684. The molecule has 1 nitrogen and oxygen atoms in total. The molecule has 0 aliphatic heterocycles. The van der Waals surface area contributed by atoms with E-state index in [0.717, 1.165) is 17.8 Å². The summed E-state index contributed by atoms with van der Waals surface area (Å²) in [6.45, 7) is 15.4. The Labute approximate surface area is 115 Å². The van der Waals surface area contributed by atoms with Crippen LogP contribution >= 0.6 is 0 Å². The highest BCUT2D eigenvalue weighted by Gasteiger charge is 2.37. The molecule has 2 atom stereocenters. The van der Waals surface area contributed by atoms with Gasteiger partial charge in [-0.3, -0.25) is 0 Å². The van der Waals surface area contributed by atoms with Gasteiger partial charge >= 0.3 is 0 Å². The fourth-order valence-corrected chi connectivity index (χ4v) is 3.78. The van der Waals surface area contributed by atoms with Gasteiger partial charge < -0.3 is 5.32 Å². The zero-order valence-corrected chi connectivity index (χ0v) is 13.6. The summed E-state index contributed by atoms with van der Waals surface area (Å²) in [6.07, 6.45) is 6.98. The lowest BCUT2D eigenvalue weighted by atomic mass is 9.62. The largest absolute Gasteiger partial charge is 0.314 e. The summed E-state index contributed by atoms with van der Waals surface area (Å²) in [5.74, 6) is 2.78. The lowest BCUT2D eigenvalue weighted by Gasteiger charge is -2.44. The van der Waals surface area contributed by atoms with E-state index in [2.05, 4.69) is 46.9 Å². The van der Waals surface area contributed by atoms with Crippen molar-refractivity contribution < 1.29 is 0 Å². The van der Waals surface area contributed by atoms with Gasteiger partial charge in [0.05, 0.1) is 0 Å². The van der Waals surface area contributed by atoms with Crippen LogP contribution in [-0.2, 0) is 0 Å². The van der Waals surface area contributed by atoms with Crippen LogP contribution in [0.3, 0.4) is 0 Å². The van der Waals surface area contributed by atoms with Gasteiger partial charge in [-0.25, -0.2) is 0 Å². The Bertz CT molecular complexity index is 226. The average molecular weight is 253 g/mol. The third kappa shape index (κ3) is 4.57. The molecule has 1 rings (SSSR count). The molecule has 0 aromatic heterocycles. The van der Waals surface area contributed by atoms with Crippen LogP contribution in [0.4, 0.5) is 0 Å². The molecule has 0 saturated heterocycles. The fourth-order valence-electron chi connectivity index (χ4n) is 3.78. The van der Waals surface area contributed by atoms with Gasteiger partial charge in [0.15, 0.2) is 0 Å². The summed E-state index contributed by atoms with van der Waals surface area (Å²) in [4.78, 5) is 0. The minimum Gasteiger partial charge on any atom is -0.314 e. The maximum Gasteiger partial charge on any atom is 0.00104 e. The molecule has 0 aromatic rings. The number of rotatable bonds is 6. The van der Waals surface area contributed by atoms with Crippen LogP contribution in [0.1, 0.15) is 73.6 Å². The second kappa shape index (κ2) is 6.93. The van der Waals surface area contributed by atoms with Gasteiger partial charge in [0.2, 0.25) is 0 Å². The maximum absolute atomic E-state index is 3.68. The molecule has 108 valence electrons. The lowest BCUT2D eigenvalue weighted by Crippen LogP contribution is -2.40. The molecular weight excluding hydrogens is 218 g/mol. The Hall–Kier alpha value is -0.0400. The summed E-state index contributed by atoms with van der Waals surface area (Å²) < 4.78 is 0. The van der Waals surface area contributed by atoms with E-state index in [-0.39, 0.29) is 0 Å². The Morgan fingerprint density at radius 1 is 1.17 bits per heavy atom. The summed E-state index contributed by atoms with van der Waals surface area (Å²) in [6, 6.07) is 0.627. The standard InChI is InChI=1S/C17H35N/c1-7-14(8-2)16-11-17(5,6)10-9-15(16)12-18-13(3)4/h13-16,18H,7-12H2,1-6H3. The Balaban J connectivity index is 2.67. The molecule has 1 saturated carbocycles. The van der Waals surface area contributed by atoms with Crippen LogP contribution in [0.2, 0.25) is 0 Å². The normalized spacial score (nSPS) is 28.0. The van der Waals surface area contributed by atoms with Crippen molar-refractivity contribution in [3.8, 4) is 0 Å². The second-order valence-corrected chi connectivity index (χ2v) is 7.47. The first-order valence-corrected chi connectivity index (χ1v) is 8.13. The van der Waals surface area contributed by atoms with E-state index in [1.54, 1.807) is 0 Å². The first kappa shape index (κ1) is 16.0. The van der Waals surface area contributed by atoms with E-state index < -0.39 is 0 Å². The minimum atomic E-state index is 0.571. The van der Waals surface area contributed by atoms with E-state index in [1.807, 2.05) is 0 Å². The van der Waals surface area contributed by atoms with Crippen molar-refractivity contribution in [3.63, 3.8) is 0 Å². The molecule has 1 aliphatic carbocycles. The minimum absolute atomic E-state index is 0.571. The van der Waals surface area contributed by atoms with Crippen molar-refractivity contribution in [1.29, 1.82) is 0 Å². The molecule has 0 spiro atoms. The Morgan fingerprint density at radius 2 is 1.78 bits per heavy atom. The highest BCUT2D eigenvalue weighted by molar-refractivity contribution is 4.88. The Morgan fingerprint density at radius 3 is 2.28 bits per heavy atom. The van der Waals surface area contributed by atoms with Crippen LogP contribution < -0.4 is 5.32 Å². The SMILES string of the molecule is CCC(CC)C1CC(C)(C)CCC1CNC(C)C. The van der Waals surface area contributed by atoms with Gasteiger partial charge in [0.25, 0.3) is 0 Å². The summed E-state index contributed by atoms with van der Waals surface area (Å²) in [7, 11) is 0. The third-order valence-corrected chi connectivity index (χ3v) is 5.03. The zero-order valence-electron chi connectivity index (χ0n) is 13.6. The zero-order chi connectivity index (χ0) is 13.8. The molecule has 0 aromatic carbocycles. The predicted molar refractivity (Wildman–Crippen MR) is 81.8 cm³/mol. The van der Waals surface area contributed by atoms with Gasteiger partial charge in [-0.15, -0.1) is 0 Å². The summed E-state index contributed by atoms with van der Waals surface area (Å²) in [5.41, 5.74) is 0.571. The van der Waals surface area contributed by atoms with Crippen LogP contribution in [0.15, 0.2) is 0 Å². The average Bonchev–Trinajstić information content (AvgIpc) is 2.28. The Kier molecular flexibility index (Phi) is 6.17. The monoisotopic (exact) mass is 253 g/mol. The van der Waals surface area contributed by atoms with Gasteiger partial charge in [0, 0.05) is 6.04 Å². The predicted octanol–water partition coefficient (Wildman–Crippen LogP) is 4.86. The van der Waals surface area contributed by atoms with Gasteiger partial charge in [-0.1, -0.05) is 54.4 Å². The van der Waals surface area contributed by atoms with Crippen molar-refractivity contribution >= 4 is 0 Å².